The molecule has 0 unspecified atom stereocenters. The van der Waals surface area contributed by atoms with Crippen LogP contribution in [0.2, 0.25) is 0 Å². The van der Waals surface area contributed by atoms with Crippen LogP contribution in [0, 0.1) is 6.07 Å². The maximum Gasteiger partial charge on any atom is -0.0146 e. The summed E-state index contributed by atoms with van der Waals surface area (Å²) < 4.78 is 0. The van der Waals surface area contributed by atoms with Gasteiger partial charge in [-0.1, -0.05) is 289 Å². The minimum Gasteiger partial charge on any atom is -0.0654 e. The molecule has 0 fully saturated rings. The predicted molar refractivity (Wildman–Crippen MR) is 238 cm³/mol. The molecular weight excluding hydrogens is 625 g/mol. The van der Waals surface area contributed by atoms with Gasteiger partial charge in [0, 0.05) is 0 Å². The largest absolute Gasteiger partial charge is 0.0654 e. The van der Waals surface area contributed by atoms with Crippen LogP contribution in [0.5, 0.6) is 0 Å². The van der Waals surface area contributed by atoms with E-state index in [1.54, 1.807) is 5.56 Å². The van der Waals surface area contributed by atoms with Crippen LogP contribution in [-0.4, -0.2) is 0 Å². The predicted octanol–water partition coefficient (Wildman–Crippen LogP) is 19.0. The Morgan fingerprint density at radius 3 is 0.788 bits per heavy atom. The molecule has 0 bridgehead atoms. The Morgan fingerprint density at radius 1 is 0.288 bits per heavy atom. The van der Waals surface area contributed by atoms with E-state index in [0.717, 1.165) is 0 Å². The fourth-order valence-corrected chi connectivity index (χ4v) is 8.45. The number of unbranched alkanes of at least 4 members (excludes halogenated alkanes) is 40. The molecule has 0 N–H and O–H groups in total. The van der Waals surface area contributed by atoms with Crippen molar-refractivity contribution in [3.8, 4) is 0 Å². The average molecular weight is 722 g/mol. The van der Waals surface area contributed by atoms with Gasteiger partial charge >= 0.3 is 0 Å². The van der Waals surface area contributed by atoms with Crippen LogP contribution in [0.3, 0.4) is 0 Å². The third-order valence-electron chi connectivity index (χ3n) is 12.1. The quantitative estimate of drug-likeness (QED) is 0.0589. The van der Waals surface area contributed by atoms with E-state index in [-0.39, 0.29) is 0 Å². The summed E-state index contributed by atoms with van der Waals surface area (Å²) >= 11 is 0. The maximum absolute atomic E-state index is 3.61. The summed E-state index contributed by atoms with van der Waals surface area (Å²) in [6.45, 7) is 4.62. The minimum atomic E-state index is 1.24. The van der Waals surface area contributed by atoms with Gasteiger partial charge in [-0.25, -0.2) is 0 Å². The molecule has 0 heterocycles. The molecule has 0 saturated heterocycles. The number of hydrogen-bond donors (Lipinski definition) is 0. The number of benzene rings is 1. The van der Waals surface area contributed by atoms with E-state index in [2.05, 4.69) is 38.1 Å². The third-order valence-corrected chi connectivity index (χ3v) is 12.1. The summed E-state index contributed by atoms with van der Waals surface area (Å²) in [7, 11) is 0. The first-order valence-electron chi connectivity index (χ1n) is 24.9. The monoisotopic (exact) mass is 722 g/mol. The Hall–Kier alpha value is -0.780. The second kappa shape index (κ2) is 43.0. The summed E-state index contributed by atoms with van der Waals surface area (Å²) in [6.07, 6.45) is 63.7. The van der Waals surface area contributed by atoms with Crippen molar-refractivity contribution in [3.05, 3.63) is 35.4 Å². The second-order valence-electron chi connectivity index (χ2n) is 17.3. The smallest absolute Gasteiger partial charge is 0.0146 e. The summed E-state index contributed by atoms with van der Waals surface area (Å²) in [5.74, 6) is 0. The first-order valence-corrected chi connectivity index (χ1v) is 24.9. The number of rotatable bonds is 44. The second-order valence-corrected chi connectivity index (χ2v) is 17.3. The zero-order chi connectivity index (χ0) is 37.1. The van der Waals surface area contributed by atoms with Gasteiger partial charge in [0.15, 0.2) is 0 Å². The molecule has 0 aliphatic heterocycles. The SMILES string of the molecule is CCCCCCCCCCCCCCCCCCCCCCCc1[c]cccc1CCCCCCCCCCCCCCCCCCCCCCC. The molecule has 0 aliphatic carbocycles. The average Bonchev–Trinajstić information content (AvgIpc) is 3.16. The van der Waals surface area contributed by atoms with Gasteiger partial charge in [-0.05, 0) is 42.9 Å². The van der Waals surface area contributed by atoms with Gasteiger partial charge in [0.05, 0.1) is 0 Å². The van der Waals surface area contributed by atoms with E-state index in [0.29, 0.717) is 0 Å². The third kappa shape index (κ3) is 36.2. The van der Waals surface area contributed by atoms with Gasteiger partial charge in [-0.15, -0.1) is 0 Å². The Morgan fingerprint density at radius 2 is 0.519 bits per heavy atom. The van der Waals surface area contributed by atoms with Crippen molar-refractivity contribution in [2.75, 3.05) is 0 Å². The van der Waals surface area contributed by atoms with Crippen molar-refractivity contribution in [2.24, 2.45) is 0 Å². The standard InChI is InChI=1S/C52H97/c1-3-5-7-9-11-13-15-17-19-21-23-25-27-29-31-33-35-37-39-41-43-47-51-49-45-46-50-52(51)48-44-42-40-38-36-34-32-30-28-26-24-22-20-18-16-14-12-10-8-6-4-2/h45-46,49H,3-44,47-48H2,1-2H3. The summed E-state index contributed by atoms with van der Waals surface area (Å²) in [5.41, 5.74) is 3.11. The Labute approximate surface area is 330 Å². The molecule has 1 aromatic rings. The van der Waals surface area contributed by atoms with E-state index in [1.165, 1.54) is 288 Å². The Bertz CT molecular complexity index is 713. The van der Waals surface area contributed by atoms with E-state index >= 15 is 0 Å². The van der Waals surface area contributed by atoms with Gasteiger partial charge < -0.3 is 0 Å². The highest BCUT2D eigenvalue weighted by atomic mass is 14.1. The molecule has 1 rings (SSSR count). The molecule has 0 heteroatoms. The fraction of sp³-hybridized carbons (Fsp3) is 0.885. The van der Waals surface area contributed by atoms with Crippen LogP contribution in [-0.2, 0) is 12.8 Å². The molecule has 0 saturated carbocycles. The summed E-state index contributed by atoms with van der Waals surface area (Å²) in [5, 5.41) is 0. The molecule has 0 nitrogen and oxygen atoms in total. The highest BCUT2D eigenvalue weighted by Crippen LogP contribution is 2.20. The molecule has 52 heavy (non-hydrogen) atoms. The molecular formula is C52H97. The molecule has 0 aliphatic rings. The van der Waals surface area contributed by atoms with Crippen molar-refractivity contribution in [3.63, 3.8) is 0 Å². The lowest BCUT2D eigenvalue weighted by Gasteiger charge is -2.09. The summed E-state index contributed by atoms with van der Waals surface area (Å²) in [4.78, 5) is 0. The molecule has 1 radical (unpaired) electrons. The number of hydrogen-bond acceptors (Lipinski definition) is 0. The Kier molecular flexibility index (Phi) is 40.7. The lowest BCUT2D eigenvalue weighted by Crippen LogP contribution is -1.96. The van der Waals surface area contributed by atoms with Gasteiger partial charge in [0.25, 0.3) is 0 Å². The normalized spacial score (nSPS) is 11.6. The lowest BCUT2D eigenvalue weighted by molar-refractivity contribution is 0.520. The summed E-state index contributed by atoms with van der Waals surface area (Å²) in [6, 6.07) is 10.4. The topological polar surface area (TPSA) is 0 Å². The molecule has 0 spiro atoms. The fourth-order valence-electron chi connectivity index (χ4n) is 8.45. The van der Waals surface area contributed by atoms with Crippen LogP contribution in [0.4, 0.5) is 0 Å². The van der Waals surface area contributed by atoms with Gasteiger partial charge in [0.1, 0.15) is 0 Å². The molecule has 0 amide bonds. The van der Waals surface area contributed by atoms with E-state index in [4.69, 9.17) is 0 Å². The van der Waals surface area contributed by atoms with Crippen LogP contribution in [0.15, 0.2) is 18.2 Å². The van der Waals surface area contributed by atoms with Crippen LogP contribution >= 0.6 is 0 Å². The minimum absolute atomic E-state index is 1.24. The maximum atomic E-state index is 3.61. The van der Waals surface area contributed by atoms with Crippen LogP contribution in [0.1, 0.15) is 295 Å². The van der Waals surface area contributed by atoms with Crippen LogP contribution in [0.25, 0.3) is 0 Å². The van der Waals surface area contributed by atoms with E-state index in [1.807, 2.05) is 0 Å². The molecule has 1 aromatic carbocycles. The van der Waals surface area contributed by atoms with E-state index in [9.17, 15) is 0 Å². The first-order chi connectivity index (χ1) is 25.9. The zero-order valence-corrected chi connectivity index (χ0v) is 36.3. The molecule has 305 valence electrons. The molecule has 0 aromatic heterocycles. The van der Waals surface area contributed by atoms with Crippen molar-refractivity contribution in [1.82, 2.24) is 0 Å². The van der Waals surface area contributed by atoms with E-state index < -0.39 is 0 Å². The zero-order valence-electron chi connectivity index (χ0n) is 36.3. The van der Waals surface area contributed by atoms with Crippen LogP contribution < -0.4 is 0 Å². The van der Waals surface area contributed by atoms with Crippen molar-refractivity contribution < 1.29 is 0 Å². The molecule has 0 atom stereocenters. The van der Waals surface area contributed by atoms with Gasteiger partial charge in [-0.2, -0.15) is 0 Å². The highest BCUT2D eigenvalue weighted by Gasteiger charge is 2.03. The van der Waals surface area contributed by atoms with Gasteiger partial charge in [0.2, 0.25) is 0 Å². The van der Waals surface area contributed by atoms with Crippen molar-refractivity contribution in [1.29, 1.82) is 0 Å². The number of aryl methyl sites for hydroxylation is 2. The van der Waals surface area contributed by atoms with Crippen molar-refractivity contribution in [2.45, 2.75) is 296 Å². The lowest BCUT2D eigenvalue weighted by atomic mass is 9.96. The van der Waals surface area contributed by atoms with Gasteiger partial charge in [-0.3, -0.25) is 0 Å². The first kappa shape index (κ1) is 49.2. The Balaban J connectivity index is 1.82. The van der Waals surface area contributed by atoms with Crippen molar-refractivity contribution >= 4 is 0 Å². The highest BCUT2D eigenvalue weighted by molar-refractivity contribution is 5.26.